The van der Waals surface area contributed by atoms with Gasteiger partial charge in [0.05, 0.1) is 34.7 Å². The van der Waals surface area contributed by atoms with E-state index in [0.717, 1.165) is 25.7 Å². The van der Waals surface area contributed by atoms with Crippen LogP contribution in [-0.2, 0) is 9.59 Å². The minimum atomic E-state index is 0.0168. The van der Waals surface area contributed by atoms with Gasteiger partial charge in [0.25, 0.3) is 0 Å². The molecule has 0 bridgehead atoms. The number of hydrogen-bond acceptors (Lipinski definition) is 2. The van der Waals surface area contributed by atoms with Crippen molar-refractivity contribution in [2.45, 2.75) is 25.7 Å². The van der Waals surface area contributed by atoms with Gasteiger partial charge >= 0.3 is 0 Å². The summed E-state index contributed by atoms with van der Waals surface area (Å²) in [5, 5.41) is 0. The fourth-order valence-corrected chi connectivity index (χ4v) is 2.84. The molecule has 0 unspecified atom stereocenters. The third-order valence-corrected chi connectivity index (χ3v) is 3.74. The fourth-order valence-electron chi connectivity index (χ4n) is 2.12. The molecule has 1 heterocycles. The summed E-state index contributed by atoms with van der Waals surface area (Å²) in [6, 6.07) is 0. The minimum absolute atomic E-state index is 0.0168. The number of hydrogen-bond donors (Lipinski definition) is 0. The lowest BCUT2D eigenvalue weighted by molar-refractivity contribution is -0.132. The van der Waals surface area contributed by atoms with Crippen LogP contribution in [0.2, 0.25) is 0 Å². The summed E-state index contributed by atoms with van der Waals surface area (Å²) in [5.41, 5.74) is 0. The first kappa shape index (κ1) is 8.47. The molecule has 2 rings (SSSR count). The number of halogens is 1. The Morgan fingerprint density at radius 1 is 1.08 bits per heavy atom. The van der Waals surface area contributed by atoms with E-state index in [0.29, 0.717) is 0 Å². The molecular formula is C8H10INO2. The van der Waals surface area contributed by atoms with E-state index in [1.807, 2.05) is 22.9 Å². The quantitative estimate of drug-likeness (QED) is 0.383. The summed E-state index contributed by atoms with van der Waals surface area (Å²) in [6.07, 6.45) is 4.03. The molecule has 2 fully saturated rings. The van der Waals surface area contributed by atoms with Crippen molar-refractivity contribution in [3.8, 4) is 0 Å². The molecule has 2 aliphatic rings. The zero-order valence-electron chi connectivity index (χ0n) is 6.62. The molecule has 2 amide bonds. The molecule has 3 nitrogen and oxygen atoms in total. The van der Waals surface area contributed by atoms with Crippen LogP contribution in [0, 0.1) is 11.8 Å². The molecule has 0 aromatic rings. The van der Waals surface area contributed by atoms with Crippen LogP contribution >= 0.6 is 22.9 Å². The topological polar surface area (TPSA) is 37.4 Å². The standard InChI is InChI=1S/C8H10INO2/c9-10-7(11)5-3-1-2-4-6(5)8(10)12/h5-6H,1-4H2/t5-,6+. The zero-order chi connectivity index (χ0) is 8.72. The summed E-state index contributed by atoms with van der Waals surface area (Å²) < 4.78 is 1.28. The van der Waals surface area contributed by atoms with E-state index < -0.39 is 0 Å². The molecule has 66 valence electrons. The summed E-state index contributed by atoms with van der Waals surface area (Å²) >= 11 is 1.82. The number of carbonyl (C=O) groups is 2. The molecule has 0 spiro atoms. The van der Waals surface area contributed by atoms with Gasteiger partial charge in [0.2, 0.25) is 11.8 Å². The monoisotopic (exact) mass is 279 g/mol. The normalized spacial score (nSPS) is 35.6. The number of amides is 2. The molecule has 1 saturated carbocycles. The predicted molar refractivity (Wildman–Crippen MR) is 51.3 cm³/mol. The Balaban J connectivity index is 2.25. The van der Waals surface area contributed by atoms with Gasteiger partial charge in [-0.1, -0.05) is 12.8 Å². The molecule has 0 aromatic heterocycles. The van der Waals surface area contributed by atoms with Gasteiger partial charge in [-0.2, -0.15) is 0 Å². The largest absolute Gasteiger partial charge is 0.273 e. The first-order chi connectivity index (χ1) is 5.72. The molecule has 1 saturated heterocycles. The number of imide groups is 1. The SMILES string of the molecule is O=C1[C@H]2CCCC[C@H]2C(=O)N1I. The average Bonchev–Trinajstić information content (AvgIpc) is 2.33. The number of carbonyl (C=O) groups excluding carboxylic acids is 2. The van der Waals surface area contributed by atoms with Crippen molar-refractivity contribution in [1.82, 2.24) is 3.11 Å². The summed E-state index contributed by atoms with van der Waals surface area (Å²) in [6.45, 7) is 0. The zero-order valence-corrected chi connectivity index (χ0v) is 8.78. The summed E-state index contributed by atoms with van der Waals surface area (Å²) in [7, 11) is 0. The Labute approximate surface area is 85.0 Å². The maximum absolute atomic E-state index is 11.4. The summed E-state index contributed by atoms with van der Waals surface area (Å²) in [5.74, 6) is 0.0990. The van der Waals surface area contributed by atoms with Gasteiger partial charge in [0.1, 0.15) is 0 Å². The molecular weight excluding hydrogens is 269 g/mol. The third kappa shape index (κ3) is 1.08. The Kier molecular flexibility index (Phi) is 2.10. The van der Waals surface area contributed by atoms with Crippen LogP contribution in [-0.4, -0.2) is 14.9 Å². The molecule has 12 heavy (non-hydrogen) atoms. The highest BCUT2D eigenvalue weighted by Crippen LogP contribution is 2.39. The second kappa shape index (κ2) is 2.97. The van der Waals surface area contributed by atoms with Crippen LogP contribution in [0.4, 0.5) is 0 Å². The van der Waals surface area contributed by atoms with E-state index in [-0.39, 0.29) is 23.7 Å². The first-order valence-corrected chi connectivity index (χ1v) is 5.22. The highest BCUT2D eigenvalue weighted by molar-refractivity contribution is 14.1. The Morgan fingerprint density at radius 2 is 1.50 bits per heavy atom. The smallest absolute Gasteiger partial charge is 0.242 e. The van der Waals surface area contributed by atoms with E-state index >= 15 is 0 Å². The van der Waals surface area contributed by atoms with Crippen LogP contribution in [0.15, 0.2) is 0 Å². The van der Waals surface area contributed by atoms with E-state index in [1.165, 1.54) is 3.11 Å². The van der Waals surface area contributed by atoms with Crippen molar-refractivity contribution >= 4 is 34.7 Å². The number of fused-ring (bicyclic) bond motifs is 1. The Hall–Kier alpha value is -0.130. The van der Waals surface area contributed by atoms with Crippen LogP contribution in [0.25, 0.3) is 0 Å². The lowest BCUT2D eigenvalue weighted by atomic mass is 9.81. The van der Waals surface area contributed by atoms with Crippen LogP contribution in [0.1, 0.15) is 25.7 Å². The van der Waals surface area contributed by atoms with Crippen molar-refractivity contribution in [3.63, 3.8) is 0 Å². The molecule has 1 aliphatic heterocycles. The molecule has 1 aliphatic carbocycles. The molecule has 4 heteroatoms. The lowest BCUT2D eigenvalue weighted by Crippen LogP contribution is -2.21. The van der Waals surface area contributed by atoms with E-state index in [2.05, 4.69) is 0 Å². The van der Waals surface area contributed by atoms with Gasteiger partial charge in [-0.05, 0) is 12.8 Å². The maximum atomic E-state index is 11.4. The second-order valence-electron chi connectivity index (χ2n) is 3.45. The highest BCUT2D eigenvalue weighted by Gasteiger charge is 2.47. The molecule has 0 aromatic carbocycles. The van der Waals surface area contributed by atoms with Gasteiger partial charge in [-0.15, -0.1) is 0 Å². The van der Waals surface area contributed by atoms with Gasteiger partial charge in [0, 0.05) is 0 Å². The predicted octanol–water partition coefficient (Wildman–Crippen LogP) is 1.51. The van der Waals surface area contributed by atoms with Gasteiger partial charge in [-0.25, -0.2) is 3.11 Å². The van der Waals surface area contributed by atoms with Gasteiger partial charge < -0.3 is 0 Å². The fraction of sp³-hybridized carbons (Fsp3) is 0.750. The summed E-state index contributed by atoms with van der Waals surface area (Å²) in [4.78, 5) is 22.9. The number of rotatable bonds is 0. The van der Waals surface area contributed by atoms with Crippen LogP contribution < -0.4 is 0 Å². The van der Waals surface area contributed by atoms with Crippen LogP contribution in [0.3, 0.4) is 0 Å². The maximum Gasteiger partial charge on any atom is 0.242 e. The molecule has 2 atom stereocenters. The van der Waals surface area contributed by atoms with E-state index in [4.69, 9.17) is 0 Å². The van der Waals surface area contributed by atoms with Crippen molar-refractivity contribution in [3.05, 3.63) is 0 Å². The van der Waals surface area contributed by atoms with Crippen molar-refractivity contribution in [1.29, 1.82) is 0 Å². The Morgan fingerprint density at radius 3 is 1.92 bits per heavy atom. The highest BCUT2D eigenvalue weighted by atomic mass is 127. The average molecular weight is 279 g/mol. The van der Waals surface area contributed by atoms with E-state index in [1.54, 1.807) is 0 Å². The minimum Gasteiger partial charge on any atom is -0.273 e. The van der Waals surface area contributed by atoms with Crippen molar-refractivity contribution in [2.24, 2.45) is 11.8 Å². The van der Waals surface area contributed by atoms with Crippen molar-refractivity contribution < 1.29 is 9.59 Å². The first-order valence-electron chi connectivity index (χ1n) is 4.25. The van der Waals surface area contributed by atoms with Crippen molar-refractivity contribution in [2.75, 3.05) is 0 Å². The lowest BCUT2D eigenvalue weighted by Gasteiger charge is -2.19. The third-order valence-electron chi connectivity index (χ3n) is 2.79. The Bertz CT molecular complexity index is 217. The second-order valence-corrected chi connectivity index (χ2v) is 4.42. The molecule has 0 radical (unpaired) electrons. The van der Waals surface area contributed by atoms with E-state index in [9.17, 15) is 9.59 Å². The van der Waals surface area contributed by atoms with Gasteiger partial charge in [-0.3, -0.25) is 9.59 Å². The number of nitrogens with zero attached hydrogens (tertiary/aromatic N) is 1. The van der Waals surface area contributed by atoms with Crippen LogP contribution in [0.5, 0.6) is 0 Å². The van der Waals surface area contributed by atoms with Gasteiger partial charge in [0.15, 0.2) is 0 Å². The molecule has 0 N–H and O–H groups in total.